The fraction of sp³-hybridized carbons (Fsp3) is 0.0588. The van der Waals surface area contributed by atoms with Gasteiger partial charge >= 0.3 is 0 Å². The number of nitrogens with zero attached hydrogens (tertiary/aromatic N) is 2. The van der Waals surface area contributed by atoms with Gasteiger partial charge in [0.05, 0.1) is 10.6 Å². The molecule has 0 aliphatic carbocycles. The van der Waals surface area contributed by atoms with Crippen LogP contribution in [0, 0.1) is 17.0 Å². The zero-order valence-electron chi connectivity index (χ0n) is 11.6. The molecule has 0 spiro atoms. The maximum absolute atomic E-state index is 10.7. The standard InChI is InChI=1S/C17H14N2O2/c1-13-7-12-17(18(13)15-5-3-2-4-6-15)14-8-10-16(11-9-14)19(20)21/h2-12H,1H3. The number of non-ortho nitro benzene ring substituents is 1. The predicted molar refractivity (Wildman–Crippen MR) is 82.6 cm³/mol. The van der Waals surface area contributed by atoms with Crippen LogP contribution >= 0.6 is 0 Å². The number of benzene rings is 2. The second-order valence-electron chi connectivity index (χ2n) is 4.83. The molecule has 0 unspecified atom stereocenters. The molecule has 0 N–H and O–H groups in total. The Morgan fingerprint density at radius 3 is 2.19 bits per heavy atom. The van der Waals surface area contributed by atoms with Crippen molar-refractivity contribution in [1.29, 1.82) is 0 Å². The molecule has 4 nitrogen and oxygen atoms in total. The van der Waals surface area contributed by atoms with Gasteiger partial charge in [-0.25, -0.2) is 0 Å². The molecule has 0 fully saturated rings. The Labute approximate surface area is 122 Å². The molecule has 0 saturated carbocycles. The molecule has 0 saturated heterocycles. The van der Waals surface area contributed by atoms with Crippen LogP contribution < -0.4 is 0 Å². The van der Waals surface area contributed by atoms with Crippen LogP contribution in [0.25, 0.3) is 16.9 Å². The number of nitro groups is 1. The highest BCUT2D eigenvalue weighted by Gasteiger charge is 2.11. The molecule has 104 valence electrons. The van der Waals surface area contributed by atoms with Crippen molar-refractivity contribution in [3.05, 3.63) is 82.5 Å². The van der Waals surface area contributed by atoms with E-state index in [1.807, 2.05) is 49.4 Å². The van der Waals surface area contributed by atoms with Gasteiger partial charge in [-0.05, 0) is 48.9 Å². The number of rotatable bonds is 3. The minimum Gasteiger partial charge on any atom is -0.314 e. The molecule has 1 aromatic heterocycles. The number of para-hydroxylation sites is 1. The average Bonchev–Trinajstić information content (AvgIpc) is 2.90. The fourth-order valence-corrected chi connectivity index (χ4v) is 2.44. The summed E-state index contributed by atoms with van der Waals surface area (Å²) in [6.07, 6.45) is 0. The lowest BCUT2D eigenvalue weighted by molar-refractivity contribution is -0.384. The van der Waals surface area contributed by atoms with E-state index in [0.717, 1.165) is 22.6 Å². The summed E-state index contributed by atoms with van der Waals surface area (Å²) in [5.74, 6) is 0. The SMILES string of the molecule is Cc1ccc(-c2ccc([N+](=O)[O-])cc2)n1-c1ccccc1. The molecule has 0 atom stereocenters. The summed E-state index contributed by atoms with van der Waals surface area (Å²) in [7, 11) is 0. The smallest absolute Gasteiger partial charge is 0.269 e. The van der Waals surface area contributed by atoms with Gasteiger partial charge in [0.15, 0.2) is 0 Å². The van der Waals surface area contributed by atoms with Crippen molar-refractivity contribution in [3.8, 4) is 16.9 Å². The van der Waals surface area contributed by atoms with Gasteiger partial charge in [0.2, 0.25) is 0 Å². The van der Waals surface area contributed by atoms with Crippen LogP contribution in [0.4, 0.5) is 5.69 Å². The molecule has 4 heteroatoms. The first-order valence-corrected chi connectivity index (χ1v) is 6.65. The van der Waals surface area contributed by atoms with Crippen molar-refractivity contribution in [1.82, 2.24) is 4.57 Å². The average molecular weight is 278 g/mol. The summed E-state index contributed by atoms with van der Waals surface area (Å²) in [5, 5.41) is 10.7. The summed E-state index contributed by atoms with van der Waals surface area (Å²) >= 11 is 0. The zero-order chi connectivity index (χ0) is 14.8. The molecule has 0 aliphatic heterocycles. The second-order valence-corrected chi connectivity index (χ2v) is 4.83. The van der Waals surface area contributed by atoms with Gasteiger partial charge in [-0.2, -0.15) is 0 Å². The molecule has 3 aromatic rings. The number of aryl methyl sites for hydroxylation is 1. The van der Waals surface area contributed by atoms with E-state index in [2.05, 4.69) is 4.57 Å². The van der Waals surface area contributed by atoms with Crippen LogP contribution in [0.3, 0.4) is 0 Å². The van der Waals surface area contributed by atoms with Gasteiger partial charge in [-0.15, -0.1) is 0 Å². The first kappa shape index (κ1) is 13.1. The Hall–Kier alpha value is -2.88. The summed E-state index contributed by atoms with van der Waals surface area (Å²) in [5.41, 5.74) is 4.28. The van der Waals surface area contributed by atoms with Crippen LogP contribution in [-0.4, -0.2) is 9.49 Å². The molecule has 3 rings (SSSR count). The highest BCUT2D eigenvalue weighted by atomic mass is 16.6. The summed E-state index contributed by atoms with van der Waals surface area (Å²) in [4.78, 5) is 10.4. The van der Waals surface area contributed by atoms with E-state index >= 15 is 0 Å². The van der Waals surface area contributed by atoms with Crippen molar-refractivity contribution in [2.24, 2.45) is 0 Å². The fourth-order valence-electron chi connectivity index (χ4n) is 2.44. The van der Waals surface area contributed by atoms with Crippen molar-refractivity contribution >= 4 is 5.69 Å². The molecule has 0 radical (unpaired) electrons. The third kappa shape index (κ3) is 2.43. The van der Waals surface area contributed by atoms with Crippen LogP contribution in [-0.2, 0) is 0 Å². The summed E-state index contributed by atoms with van der Waals surface area (Å²) in [6.45, 7) is 2.04. The lowest BCUT2D eigenvalue weighted by Crippen LogP contribution is -1.98. The van der Waals surface area contributed by atoms with Gasteiger partial charge in [-0.1, -0.05) is 18.2 Å². The van der Waals surface area contributed by atoms with E-state index in [1.54, 1.807) is 12.1 Å². The molecule has 21 heavy (non-hydrogen) atoms. The lowest BCUT2D eigenvalue weighted by Gasteiger charge is -2.11. The Kier molecular flexibility index (Phi) is 3.28. The van der Waals surface area contributed by atoms with Crippen LogP contribution in [0.1, 0.15) is 5.69 Å². The van der Waals surface area contributed by atoms with E-state index < -0.39 is 0 Å². The maximum atomic E-state index is 10.7. The minimum absolute atomic E-state index is 0.105. The maximum Gasteiger partial charge on any atom is 0.269 e. The molecule has 0 bridgehead atoms. The molecular formula is C17H14N2O2. The Morgan fingerprint density at radius 1 is 0.905 bits per heavy atom. The van der Waals surface area contributed by atoms with Gasteiger partial charge in [0.25, 0.3) is 5.69 Å². The quantitative estimate of drug-likeness (QED) is 0.528. The molecule has 2 aromatic carbocycles. The monoisotopic (exact) mass is 278 g/mol. The van der Waals surface area contributed by atoms with Gasteiger partial charge in [0.1, 0.15) is 0 Å². The molecular weight excluding hydrogens is 264 g/mol. The number of hydrogen-bond acceptors (Lipinski definition) is 2. The van der Waals surface area contributed by atoms with E-state index in [1.165, 1.54) is 12.1 Å². The lowest BCUT2D eigenvalue weighted by atomic mass is 10.1. The Balaban J connectivity index is 2.10. The Bertz CT molecular complexity index is 774. The summed E-state index contributed by atoms with van der Waals surface area (Å²) in [6, 6.07) is 20.8. The van der Waals surface area contributed by atoms with Crippen molar-refractivity contribution < 1.29 is 4.92 Å². The van der Waals surface area contributed by atoms with Crippen LogP contribution in [0.15, 0.2) is 66.7 Å². The van der Waals surface area contributed by atoms with Crippen LogP contribution in [0.2, 0.25) is 0 Å². The first-order valence-electron chi connectivity index (χ1n) is 6.65. The number of hydrogen-bond donors (Lipinski definition) is 0. The Morgan fingerprint density at radius 2 is 1.57 bits per heavy atom. The van der Waals surface area contributed by atoms with Gasteiger partial charge in [-0.3, -0.25) is 10.1 Å². The minimum atomic E-state index is -0.384. The van der Waals surface area contributed by atoms with E-state index in [0.29, 0.717) is 0 Å². The van der Waals surface area contributed by atoms with E-state index in [9.17, 15) is 10.1 Å². The third-order valence-corrected chi connectivity index (χ3v) is 3.46. The highest BCUT2D eigenvalue weighted by Crippen LogP contribution is 2.27. The molecule has 1 heterocycles. The molecule has 0 aliphatic rings. The molecule has 0 amide bonds. The first-order chi connectivity index (χ1) is 10.2. The highest BCUT2D eigenvalue weighted by molar-refractivity contribution is 5.65. The predicted octanol–water partition coefficient (Wildman–Crippen LogP) is 4.36. The normalized spacial score (nSPS) is 10.5. The van der Waals surface area contributed by atoms with E-state index in [-0.39, 0.29) is 10.6 Å². The largest absolute Gasteiger partial charge is 0.314 e. The van der Waals surface area contributed by atoms with E-state index in [4.69, 9.17) is 0 Å². The van der Waals surface area contributed by atoms with Crippen molar-refractivity contribution in [3.63, 3.8) is 0 Å². The topological polar surface area (TPSA) is 48.1 Å². The van der Waals surface area contributed by atoms with Crippen molar-refractivity contribution in [2.45, 2.75) is 6.92 Å². The zero-order valence-corrected chi connectivity index (χ0v) is 11.6. The van der Waals surface area contributed by atoms with Gasteiger partial charge in [0, 0.05) is 23.5 Å². The second kappa shape index (κ2) is 5.25. The van der Waals surface area contributed by atoms with Gasteiger partial charge < -0.3 is 4.57 Å². The third-order valence-electron chi connectivity index (χ3n) is 3.46. The van der Waals surface area contributed by atoms with Crippen LogP contribution in [0.5, 0.6) is 0 Å². The number of nitro benzene ring substituents is 1. The van der Waals surface area contributed by atoms with Crippen molar-refractivity contribution in [2.75, 3.05) is 0 Å². The number of aromatic nitrogens is 1. The summed E-state index contributed by atoms with van der Waals surface area (Å²) < 4.78 is 2.14.